The molecule has 0 bridgehead atoms. The number of nitrogens with one attached hydrogen (secondary N) is 2. The normalized spacial score (nSPS) is 14.6. The molecule has 3 aromatic rings. The van der Waals surface area contributed by atoms with Gasteiger partial charge in [0.1, 0.15) is 17.4 Å². The molecule has 0 aliphatic carbocycles. The molecule has 3 N–H and O–H groups in total. The van der Waals surface area contributed by atoms with Crippen molar-refractivity contribution in [2.24, 2.45) is 0 Å². The van der Waals surface area contributed by atoms with Crippen LogP contribution in [0.3, 0.4) is 0 Å². The number of hydroxylamine groups is 1. The van der Waals surface area contributed by atoms with Gasteiger partial charge in [-0.25, -0.2) is 5.48 Å². The van der Waals surface area contributed by atoms with Crippen molar-refractivity contribution < 1.29 is 28.7 Å². The third kappa shape index (κ3) is 5.39. The van der Waals surface area contributed by atoms with Crippen molar-refractivity contribution in [3.05, 3.63) is 60.2 Å². The summed E-state index contributed by atoms with van der Waals surface area (Å²) in [6, 6.07) is 15.6. The molecule has 3 amide bonds. The summed E-state index contributed by atoms with van der Waals surface area (Å²) < 4.78 is 11.1. The molecule has 33 heavy (non-hydrogen) atoms. The Morgan fingerprint density at radius 2 is 1.76 bits per heavy atom. The minimum Gasteiger partial charge on any atom is -0.456 e. The van der Waals surface area contributed by atoms with E-state index in [0.717, 1.165) is 16.5 Å². The number of hydrogen-bond acceptors (Lipinski definition) is 6. The third-order valence-electron chi connectivity index (χ3n) is 5.57. The summed E-state index contributed by atoms with van der Waals surface area (Å²) >= 11 is 0. The van der Waals surface area contributed by atoms with E-state index in [-0.39, 0.29) is 18.7 Å². The summed E-state index contributed by atoms with van der Waals surface area (Å²) in [5.41, 5.74) is 3.53. The Morgan fingerprint density at radius 3 is 2.45 bits per heavy atom. The molecular formula is C24H25N3O6. The van der Waals surface area contributed by atoms with Gasteiger partial charge in [-0.1, -0.05) is 30.3 Å². The topological polar surface area (TPSA) is 121 Å². The van der Waals surface area contributed by atoms with Gasteiger partial charge in [0.05, 0.1) is 13.2 Å². The van der Waals surface area contributed by atoms with Gasteiger partial charge in [-0.3, -0.25) is 19.6 Å². The average molecular weight is 451 g/mol. The van der Waals surface area contributed by atoms with Crippen molar-refractivity contribution in [3.63, 3.8) is 0 Å². The van der Waals surface area contributed by atoms with E-state index in [0.29, 0.717) is 37.6 Å². The lowest BCUT2D eigenvalue weighted by Gasteiger charge is -2.30. The molecular weight excluding hydrogens is 426 g/mol. The number of benzene rings is 2. The lowest BCUT2D eigenvalue weighted by Crippen LogP contribution is -2.52. The molecule has 9 heteroatoms. The van der Waals surface area contributed by atoms with Crippen LogP contribution >= 0.6 is 0 Å². The first-order valence-corrected chi connectivity index (χ1v) is 10.7. The van der Waals surface area contributed by atoms with Crippen LogP contribution in [0.25, 0.3) is 22.3 Å². The Bertz CT molecular complexity index is 1100. The van der Waals surface area contributed by atoms with Crippen LogP contribution in [-0.2, 0) is 14.3 Å². The van der Waals surface area contributed by atoms with E-state index in [1.165, 1.54) is 0 Å². The number of para-hydroxylation sites is 1. The molecule has 0 saturated carbocycles. The fraction of sp³-hybridized carbons (Fsp3) is 0.292. The summed E-state index contributed by atoms with van der Waals surface area (Å²) in [5, 5.41) is 12.5. The fourth-order valence-corrected chi connectivity index (χ4v) is 3.74. The van der Waals surface area contributed by atoms with Gasteiger partial charge in [0.2, 0.25) is 11.8 Å². The van der Waals surface area contributed by atoms with Crippen molar-refractivity contribution >= 4 is 28.7 Å². The second kappa shape index (κ2) is 10.3. The number of carbonyl (C=O) groups is 3. The van der Waals surface area contributed by atoms with Crippen molar-refractivity contribution in [1.29, 1.82) is 0 Å². The standard InChI is InChI=1S/C24H25N3O6/c28-22(26-31)10-9-19(24(30)27-11-13-32-14-12-27)25-23(29)17-7-5-16(6-8-17)21-15-18-3-1-2-4-20(18)33-21/h1-8,15,19,31H,9-14H2,(H,25,29)(H,26,28)/t19-/m0/s1. The second-order valence-corrected chi connectivity index (χ2v) is 7.76. The SMILES string of the molecule is O=C(CC[C@H](NC(=O)c1ccc(-c2cc3ccccc3o2)cc1)C(=O)N1CCOCC1)NO. The van der Waals surface area contributed by atoms with Gasteiger partial charge >= 0.3 is 0 Å². The molecule has 1 atom stereocenters. The van der Waals surface area contributed by atoms with Crippen molar-refractivity contribution in [2.45, 2.75) is 18.9 Å². The van der Waals surface area contributed by atoms with Crippen LogP contribution in [0.1, 0.15) is 23.2 Å². The highest BCUT2D eigenvalue weighted by molar-refractivity contribution is 5.98. The van der Waals surface area contributed by atoms with Crippen molar-refractivity contribution in [1.82, 2.24) is 15.7 Å². The van der Waals surface area contributed by atoms with Gasteiger partial charge in [0.25, 0.3) is 5.91 Å². The number of hydrogen-bond donors (Lipinski definition) is 3. The van der Waals surface area contributed by atoms with Crippen LogP contribution in [0.5, 0.6) is 0 Å². The number of nitrogens with zero attached hydrogens (tertiary/aromatic N) is 1. The quantitative estimate of drug-likeness (QED) is 0.375. The van der Waals surface area contributed by atoms with Crippen LogP contribution in [0.15, 0.2) is 59.0 Å². The third-order valence-corrected chi connectivity index (χ3v) is 5.57. The Hall–Kier alpha value is -3.69. The second-order valence-electron chi connectivity index (χ2n) is 7.76. The monoisotopic (exact) mass is 451 g/mol. The molecule has 2 heterocycles. The Kier molecular flexibility index (Phi) is 7.01. The Morgan fingerprint density at radius 1 is 1.03 bits per heavy atom. The van der Waals surface area contributed by atoms with E-state index in [4.69, 9.17) is 14.4 Å². The van der Waals surface area contributed by atoms with E-state index in [2.05, 4.69) is 5.32 Å². The average Bonchev–Trinajstić information content (AvgIpc) is 3.30. The van der Waals surface area contributed by atoms with E-state index in [1.807, 2.05) is 30.3 Å². The van der Waals surface area contributed by atoms with Crippen molar-refractivity contribution in [3.8, 4) is 11.3 Å². The highest BCUT2D eigenvalue weighted by Gasteiger charge is 2.28. The zero-order valence-electron chi connectivity index (χ0n) is 18.0. The smallest absolute Gasteiger partial charge is 0.251 e. The highest BCUT2D eigenvalue weighted by atomic mass is 16.5. The molecule has 4 rings (SSSR count). The van der Waals surface area contributed by atoms with Crippen molar-refractivity contribution in [2.75, 3.05) is 26.3 Å². The zero-order chi connectivity index (χ0) is 23.2. The van der Waals surface area contributed by atoms with Crippen LogP contribution < -0.4 is 10.8 Å². The predicted molar refractivity (Wildman–Crippen MR) is 119 cm³/mol. The minimum atomic E-state index is -0.900. The molecule has 1 aromatic heterocycles. The summed E-state index contributed by atoms with van der Waals surface area (Å²) in [7, 11) is 0. The number of amides is 3. The van der Waals surface area contributed by atoms with Gasteiger partial charge in [0.15, 0.2) is 0 Å². The number of ether oxygens (including phenoxy) is 1. The summed E-state index contributed by atoms with van der Waals surface area (Å²) in [6.07, 6.45) is -0.0477. The van der Waals surface area contributed by atoms with E-state index >= 15 is 0 Å². The Balaban J connectivity index is 1.46. The van der Waals surface area contributed by atoms with Gasteiger partial charge in [-0.2, -0.15) is 0 Å². The number of rotatable bonds is 7. The zero-order valence-corrected chi connectivity index (χ0v) is 18.0. The van der Waals surface area contributed by atoms with E-state index in [1.54, 1.807) is 34.6 Å². The molecule has 0 unspecified atom stereocenters. The predicted octanol–water partition coefficient (Wildman–Crippen LogP) is 2.34. The summed E-state index contributed by atoms with van der Waals surface area (Å²) in [4.78, 5) is 38.9. The number of furan rings is 1. The molecule has 1 aliphatic heterocycles. The van der Waals surface area contributed by atoms with E-state index < -0.39 is 17.9 Å². The minimum absolute atomic E-state index is 0.0609. The molecule has 1 aliphatic rings. The summed E-state index contributed by atoms with van der Waals surface area (Å²) in [6.45, 7) is 1.69. The first kappa shape index (κ1) is 22.5. The first-order valence-electron chi connectivity index (χ1n) is 10.7. The first-order chi connectivity index (χ1) is 16.0. The number of carbonyl (C=O) groups excluding carboxylic acids is 3. The molecule has 9 nitrogen and oxygen atoms in total. The molecule has 1 saturated heterocycles. The number of morpholine rings is 1. The van der Waals surface area contributed by atoms with Crippen LogP contribution in [0.4, 0.5) is 0 Å². The van der Waals surface area contributed by atoms with E-state index in [9.17, 15) is 14.4 Å². The maximum atomic E-state index is 12.9. The highest BCUT2D eigenvalue weighted by Crippen LogP contribution is 2.27. The van der Waals surface area contributed by atoms with Gasteiger partial charge in [0, 0.05) is 36.0 Å². The lowest BCUT2D eigenvalue weighted by molar-refractivity contribution is -0.137. The number of fused-ring (bicyclic) bond motifs is 1. The van der Waals surface area contributed by atoms with Gasteiger partial charge in [-0.15, -0.1) is 0 Å². The molecule has 2 aromatic carbocycles. The lowest BCUT2D eigenvalue weighted by atomic mass is 10.1. The van der Waals surface area contributed by atoms with Gasteiger partial charge < -0.3 is 19.4 Å². The van der Waals surface area contributed by atoms with Crippen LogP contribution in [0.2, 0.25) is 0 Å². The maximum absolute atomic E-state index is 12.9. The summed E-state index contributed by atoms with van der Waals surface area (Å²) in [5.74, 6) is -0.642. The van der Waals surface area contributed by atoms with Gasteiger partial charge in [-0.05, 0) is 30.7 Å². The largest absolute Gasteiger partial charge is 0.456 e. The molecule has 1 fully saturated rings. The molecule has 172 valence electrons. The molecule has 0 spiro atoms. The molecule has 0 radical (unpaired) electrons. The maximum Gasteiger partial charge on any atom is 0.251 e. The van der Waals surface area contributed by atoms with Crippen LogP contribution in [-0.4, -0.2) is 60.2 Å². The van der Waals surface area contributed by atoms with Crippen LogP contribution in [0, 0.1) is 0 Å². The fourth-order valence-electron chi connectivity index (χ4n) is 3.74. The Labute approximate surface area is 190 Å².